The van der Waals surface area contributed by atoms with Crippen molar-refractivity contribution in [1.82, 2.24) is 20.3 Å². The number of nitrogens with one attached hydrogen (secondary N) is 2. The summed E-state index contributed by atoms with van der Waals surface area (Å²) < 4.78 is 47.1. The van der Waals surface area contributed by atoms with Crippen LogP contribution in [-0.2, 0) is 6.18 Å². The number of amides is 1. The van der Waals surface area contributed by atoms with Crippen LogP contribution in [0.25, 0.3) is 11.3 Å². The van der Waals surface area contributed by atoms with Gasteiger partial charge in [-0.05, 0) is 57.4 Å². The van der Waals surface area contributed by atoms with E-state index in [0.717, 1.165) is 11.8 Å². The zero-order chi connectivity index (χ0) is 25.8. The number of halogens is 3. The summed E-state index contributed by atoms with van der Waals surface area (Å²) in [7, 11) is 0. The molecule has 0 radical (unpaired) electrons. The molecule has 8 nitrogen and oxygen atoms in total. The number of aromatic nitrogens is 3. The van der Waals surface area contributed by atoms with Gasteiger partial charge >= 0.3 is 12.3 Å². The molecule has 2 heterocycles. The smallest absolute Gasteiger partial charge is 0.419 e. The number of carbonyl (C=O) groups is 1. The summed E-state index contributed by atoms with van der Waals surface area (Å²) in [5, 5.41) is 16.7. The van der Waals surface area contributed by atoms with E-state index < -0.39 is 23.4 Å². The maximum Gasteiger partial charge on any atom is 0.419 e. The van der Waals surface area contributed by atoms with E-state index in [-0.39, 0.29) is 29.8 Å². The van der Waals surface area contributed by atoms with Gasteiger partial charge < -0.3 is 20.5 Å². The molecular weight excluding hydrogens is 483 g/mol. The third-order valence-corrected chi connectivity index (χ3v) is 5.78. The van der Waals surface area contributed by atoms with Crippen LogP contribution in [0.5, 0.6) is 5.75 Å². The number of benzene rings is 1. The first kappa shape index (κ1) is 26.2. The Hall–Kier alpha value is -3.41. The second-order valence-corrected chi connectivity index (χ2v) is 9.69. The molecule has 0 bridgehead atoms. The van der Waals surface area contributed by atoms with Gasteiger partial charge in [-0.15, -0.1) is 11.3 Å². The Labute approximate surface area is 204 Å². The maximum absolute atomic E-state index is 13.8. The molecule has 3 aromatic rings. The minimum atomic E-state index is -4.65. The van der Waals surface area contributed by atoms with E-state index in [1.165, 1.54) is 35.7 Å². The van der Waals surface area contributed by atoms with Crippen LogP contribution in [0.15, 0.2) is 35.8 Å². The molecule has 3 rings (SSSR count). The summed E-state index contributed by atoms with van der Waals surface area (Å²) in [6.07, 6.45) is -3.97. The number of anilines is 2. The molecule has 1 amide bonds. The van der Waals surface area contributed by atoms with Gasteiger partial charge in [0.15, 0.2) is 5.13 Å². The minimum absolute atomic E-state index is 0.0119. The Morgan fingerprint density at radius 2 is 1.97 bits per heavy atom. The number of carboxylic acid groups (broad SMARTS) is 1. The van der Waals surface area contributed by atoms with E-state index in [1.54, 1.807) is 20.8 Å². The Morgan fingerprint density at radius 1 is 1.23 bits per heavy atom. The third kappa shape index (κ3) is 7.54. The zero-order valence-corrected chi connectivity index (χ0v) is 20.4. The minimum Gasteiger partial charge on any atom is -0.493 e. The Kier molecular flexibility index (Phi) is 7.83. The van der Waals surface area contributed by atoms with E-state index in [4.69, 9.17) is 9.84 Å². The molecule has 2 aromatic heterocycles. The summed E-state index contributed by atoms with van der Waals surface area (Å²) in [5.74, 6) is -0.289. The van der Waals surface area contributed by atoms with Crippen LogP contribution in [-0.4, -0.2) is 38.3 Å². The monoisotopic (exact) mass is 509 g/mol. The molecular formula is C23H26F3N5O3S. The van der Waals surface area contributed by atoms with Gasteiger partial charge in [-0.2, -0.15) is 13.2 Å². The van der Waals surface area contributed by atoms with Crippen molar-refractivity contribution in [1.29, 1.82) is 0 Å². The second-order valence-electron chi connectivity index (χ2n) is 8.83. The van der Waals surface area contributed by atoms with Crippen molar-refractivity contribution in [3.8, 4) is 17.0 Å². The number of aryl methyl sites for hydroxylation is 1. The second kappa shape index (κ2) is 10.5. The third-order valence-electron chi connectivity index (χ3n) is 4.90. The fourth-order valence-electron chi connectivity index (χ4n) is 3.63. The molecule has 188 valence electrons. The Morgan fingerprint density at radius 3 is 2.60 bits per heavy atom. The summed E-state index contributed by atoms with van der Waals surface area (Å²) in [6.45, 7) is 7.02. The fourth-order valence-corrected chi connectivity index (χ4v) is 4.31. The van der Waals surface area contributed by atoms with Crippen LogP contribution in [0.4, 0.5) is 29.0 Å². The Balaban J connectivity index is 1.78. The molecule has 0 fully saturated rings. The first-order chi connectivity index (χ1) is 16.3. The number of hydrogen-bond donors (Lipinski definition) is 3. The molecule has 0 saturated heterocycles. The van der Waals surface area contributed by atoms with Crippen molar-refractivity contribution in [3.63, 3.8) is 0 Å². The fraction of sp³-hybridized carbons (Fsp3) is 0.391. The average molecular weight is 510 g/mol. The largest absolute Gasteiger partial charge is 0.493 e. The van der Waals surface area contributed by atoms with Crippen molar-refractivity contribution in [2.75, 3.05) is 11.9 Å². The maximum atomic E-state index is 13.8. The van der Waals surface area contributed by atoms with Gasteiger partial charge in [-0.3, -0.25) is 0 Å². The van der Waals surface area contributed by atoms with Gasteiger partial charge in [0.05, 0.1) is 23.6 Å². The number of hydrogen-bond acceptors (Lipinski definition) is 7. The van der Waals surface area contributed by atoms with Crippen LogP contribution >= 0.6 is 11.3 Å². The number of thiazole rings is 1. The summed E-state index contributed by atoms with van der Waals surface area (Å²) in [4.78, 5) is 23.6. The summed E-state index contributed by atoms with van der Waals surface area (Å²) >= 11 is 1.37. The van der Waals surface area contributed by atoms with Crippen molar-refractivity contribution < 1.29 is 27.8 Å². The molecule has 12 heteroatoms. The van der Waals surface area contributed by atoms with E-state index in [9.17, 15) is 18.0 Å². The van der Waals surface area contributed by atoms with E-state index >= 15 is 0 Å². The highest BCUT2D eigenvalue weighted by molar-refractivity contribution is 7.13. The zero-order valence-electron chi connectivity index (χ0n) is 19.6. The molecule has 0 aliphatic carbocycles. The lowest BCUT2D eigenvalue weighted by Crippen LogP contribution is -2.44. The number of alkyl halides is 3. The normalized spacial score (nSPS) is 12.8. The number of rotatable bonds is 9. The quantitative estimate of drug-likeness (QED) is 0.319. The van der Waals surface area contributed by atoms with Gasteiger partial charge in [0.1, 0.15) is 5.75 Å². The van der Waals surface area contributed by atoms with Gasteiger partial charge in [0.25, 0.3) is 0 Å². The lowest BCUT2D eigenvalue weighted by Gasteiger charge is -2.28. The van der Waals surface area contributed by atoms with Crippen molar-refractivity contribution in [2.45, 2.75) is 45.8 Å². The highest BCUT2D eigenvalue weighted by Gasteiger charge is 2.35. The van der Waals surface area contributed by atoms with Crippen LogP contribution in [0.2, 0.25) is 0 Å². The predicted octanol–water partition coefficient (Wildman–Crippen LogP) is 6.12. The molecule has 0 saturated carbocycles. The molecule has 0 unspecified atom stereocenters. The highest BCUT2D eigenvalue weighted by Crippen LogP contribution is 2.39. The summed E-state index contributed by atoms with van der Waals surface area (Å²) in [5.41, 5.74) is -0.279. The molecule has 0 aliphatic heterocycles. The first-order valence-corrected chi connectivity index (χ1v) is 11.6. The number of ether oxygens (including phenoxy) is 1. The van der Waals surface area contributed by atoms with Crippen molar-refractivity contribution in [3.05, 3.63) is 47.1 Å². The number of nitrogens with zero attached hydrogens (tertiary/aromatic N) is 3. The van der Waals surface area contributed by atoms with Crippen molar-refractivity contribution >= 4 is 28.5 Å². The molecule has 1 atom stereocenters. The first-order valence-electron chi connectivity index (χ1n) is 10.7. The molecule has 35 heavy (non-hydrogen) atoms. The van der Waals surface area contributed by atoms with E-state index in [1.807, 2.05) is 12.3 Å². The molecule has 1 aromatic carbocycles. The summed E-state index contributed by atoms with van der Waals surface area (Å²) in [6, 6.07) is 5.29. The lowest BCUT2D eigenvalue weighted by atomic mass is 9.92. The van der Waals surface area contributed by atoms with Gasteiger partial charge in [0, 0.05) is 22.7 Å². The Bertz CT molecular complexity index is 1180. The molecule has 3 N–H and O–H groups in total. The van der Waals surface area contributed by atoms with Crippen LogP contribution in [0.1, 0.15) is 38.4 Å². The topological polar surface area (TPSA) is 109 Å². The van der Waals surface area contributed by atoms with E-state index in [0.29, 0.717) is 17.2 Å². The van der Waals surface area contributed by atoms with E-state index in [2.05, 4.69) is 25.6 Å². The van der Waals surface area contributed by atoms with Crippen LogP contribution < -0.4 is 15.4 Å². The predicted molar refractivity (Wildman–Crippen MR) is 127 cm³/mol. The SMILES string of the molecule is Cc1csc(Nc2nccc(-c3ccc(OC[C@@H](C)CC(C)(C)NC(=O)O)c(C(F)(F)F)c3)n2)n1. The van der Waals surface area contributed by atoms with Crippen molar-refractivity contribution in [2.24, 2.45) is 5.92 Å². The van der Waals surface area contributed by atoms with Gasteiger partial charge in [-0.25, -0.2) is 19.7 Å². The standard InChI is InChI=1S/C23H26F3N5O3S/c1-13(10-22(3,4)31-21(32)33)11-34-18-6-5-15(9-16(18)23(24,25)26)17-7-8-27-19(29-17)30-20-28-14(2)12-35-20/h5-9,12-13,31H,10-11H2,1-4H3,(H,32,33)(H,27,28,29,30)/t13-/m0/s1. The van der Waals surface area contributed by atoms with Crippen LogP contribution in [0, 0.1) is 12.8 Å². The average Bonchev–Trinajstić information content (AvgIpc) is 3.14. The van der Waals surface area contributed by atoms with Gasteiger partial charge in [0.2, 0.25) is 5.95 Å². The molecule has 0 aliphatic rings. The lowest BCUT2D eigenvalue weighted by molar-refractivity contribution is -0.139. The highest BCUT2D eigenvalue weighted by atomic mass is 32.1. The van der Waals surface area contributed by atoms with Gasteiger partial charge in [-0.1, -0.05) is 6.92 Å². The van der Waals surface area contributed by atoms with Crippen LogP contribution in [0.3, 0.4) is 0 Å². The molecule has 0 spiro atoms.